The molecule has 1 N–H and O–H groups in total. The Morgan fingerprint density at radius 2 is 1.57 bits per heavy atom. The molecule has 0 radical (unpaired) electrons. The maximum Gasteiger partial charge on any atom is 0.494 e. The Hall–Kier alpha value is -0.685. The van der Waals surface area contributed by atoms with Crippen molar-refractivity contribution in [3.8, 4) is 0 Å². The van der Waals surface area contributed by atoms with Gasteiger partial charge >= 0.3 is 7.12 Å². The third-order valence-electron chi connectivity index (χ3n) is 4.30. The first kappa shape index (κ1) is 16.7. The molecule has 0 aliphatic carbocycles. The van der Waals surface area contributed by atoms with Gasteiger partial charge in [-0.1, -0.05) is 24.3 Å². The summed E-state index contributed by atoms with van der Waals surface area (Å²) in [5.41, 5.74) is 1.43. The van der Waals surface area contributed by atoms with Gasteiger partial charge in [0.1, 0.15) is 0 Å². The average Bonchev–Trinajstić information content (AvgIpc) is 2.58. The van der Waals surface area contributed by atoms with Gasteiger partial charge in [-0.3, -0.25) is 0 Å². The standard InChI is InChI=1S/C15H24BNO3S/c1-11(17-21(6)18)12-7-9-13(10-8-12)16-19-14(2,3)15(4,5)20-16/h7-11,17H,1-6H3. The zero-order valence-corrected chi connectivity index (χ0v) is 14.4. The molecule has 116 valence electrons. The van der Waals surface area contributed by atoms with Gasteiger partial charge in [-0.2, -0.15) is 0 Å². The van der Waals surface area contributed by atoms with Crippen LogP contribution in [0.4, 0.5) is 0 Å². The predicted octanol–water partition coefficient (Wildman–Crippen LogP) is 1.93. The SMILES string of the molecule is CC(NS(C)=O)c1ccc(B2OC(C)(C)C(C)(C)O2)cc1. The summed E-state index contributed by atoms with van der Waals surface area (Å²) in [6.07, 6.45) is 1.63. The quantitative estimate of drug-likeness (QED) is 0.865. The summed E-state index contributed by atoms with van der Waals surface area (Å²) in [7, 11) is -1.36. The number of hydrogen-bond donors (Lipinski definition) is 1. The highest BCUT2D eigenvalue weighted by Gasteiger charge is 2.51. The van der Waals surface area contributed by atoms with E-state index in [2.05, 4.69) is 4.72 Å². The lowest BCUT2D eigenvalue weighted by atomic mass is 9.78. The van der Waals surface area contributed by atoms with E-state index in [-0.39, 0.29) is 24.4 Å². The summed E-state index contributed by atoms with van der Waals surface area (Å²) in [4.78, 5) is 0. The van der Waals surface area contributed by atoms with E-state index in [9.17, 15) is 4.21 Å². The summed E-state index contributed by atoms with van der Waals surface area (Å²) in [6.45, 7) is 10.2. The number of rotatable bonds is 4. The smallest absolute Gasteiger partial charge is 0.399 e. The summed E-state index contributed by atoms with van der Waals surface area (Å²) < 4.78 is 26.2. The Bertz CT molecular complexity index is 514. The monoisotopic (exact) mass is 309 g/mol. The molecule has 2 unspecified atom stereocenters. The summed E-state index contributed by atoms with van der Waals surface area (Å²) in [5, 5.41) is 0. The van der Waals surface area contributed by atoms with Crippen LogP contribution in [0.25, 0.3) is 0 Å². The second-order valence-electron chi connectivity index (χ2n) is 6.55. The van der Waals surface area contributed by atoms with E-state index in [4.69, 9.17) is 9.31 Å². The van der Waals surface area contributed by atoms with Gasteiger partial charge in [-0.15, -0.1) is 0 Å². The fourth-order valence-electron chi connectivity index (χ4n) is 2.24. The van der Waals surface area contributed by atoms with Crippen LogP contribution in [0, 0.1) is 0 Å². The molecule has 0 aromatic heterocycles. The molecule has 2 atom stereocenters. The molecule has 0 bridgehead atoms. The van der Waals surface area contributed by atoms with Gasteiger partial charge < -0.3 is 9.31 Å². The summed E-state index contributed by atoms with van der Waals surface area (Å²) in [6, 6.07) is 8.10. The van der Waals surface area contributed by atoms with Crippen molar-refractivity contribution in [3.05, 3.63) is 29.8 Å². The maximum atomic E-state index is 11.2. The molecular weight excluding hydrogens is 285 g/mol. The summed E-state index contributed by atoms with van der Waals surface area (Å²) in [5.74, 6) is 0. The molecule has 4 nitrogen and oxygen atoms in total. The average molecular weight is 309 g/mol. The van der Waals surface area contributed by atoms with Gasteiger partial charge in [0, 0.05) is 12.3 Å². The molecule has 1 aromatic rings. The zero-order chi connectivity index (χ0) is 15.8. The molecule has 2 rings (SSSR count). The molecule has 0 spiro atoms. The van der Waals surface area contributed by atoms with Gasteiger partial charge in [0.25, 0.3) is 0 Å². The number of benzene rings is 1. The van der Waals surface area contributed by atoms with Crippen LogP contribution in [-0.4, -0.2) is 28.8 Å². The van der Waals surface area contributed by atoms with Crippen LogP contribution in [0.3, 0.4) is 0 Å². The highest BCUT2D eigenvalue weighted by Crippen LogP contribution is 2.36. The predicted molar refractivity (Wildman–Crippen MR) is 87.8 cm³/mol. The molecule has 1 aromatic carbocycles. The van der Waals surface area contributed by atoms with E-state index in [0.29, 0.717) is 0 Å². The number of nitrogens with one attached hydrogen (secondary N) is 1. The van der Waals surface area contributed by atoms with Crippen LogP contribution in [0.1, 0.15) is 46.2 Å². The molecule has 1 saturated heterocycles. The zero-order valence-electron chi connectivity index (χ0n) is 13.6. The first-order valence-electron chi connectivity index (χ1n) is 7.17. The second-order valence-corrected chi connectivity index (χ2v) is 7.69. The Kier molecular flexibility index (Phi) is 4.64. The van der Waals surface area contributed by atoms with E-state index in [1.807, 2.05) is 58.9 Å². The van der Waals surface area contributed by atoms with Gasteiger partial charge in [0.15, 0.2) is 0 Å². The minimum atomic E-state index is -1.02. The minimum Gasteiger partial charge on any atom is -0.399 e. The van der Waals surface area contributed by atoms with Crippen molar-refractivity contribution in [2.24, 2.45) is 0 Å². The lowest BCUT2D eigenvalue weighted by Gasteiger charge is -2.32. The lowest BCUT2D eigenvalue weighted by Crippen LogP contribution is -2.41. The van der Waals surface area contributed by atoms with Crippen LogP contribution in [0.5, 0.6) is 0 Å². The molecule has 1 aliphatic heterocycles. The van der Waals surface area contributed by atoms with Crippen molar-refractivity contribution >= 4 is 23.6 Å². The highest BCUT2D eigenvalue weighted by atomic mass is 32.2. The van der Waals surface area contributed by atoms with E-state index in [1.165, 1.54) is 0 Å². The molecule has 6 heteroatoms. The summed E-state index contributed by atoms with van der Waals surface area (Å²) >= 11 is 0. The first-order valence-corrected chi connectivity index (χ1v) is 8.73. The topological polar surface area (TPSA) is 47.6 Å². The molecule has 1 fully saturated rings. The Labute approximate surface area is 130 Å². The molecule has 1 heterocycles. The molecular formula is C15H24BNO3S. The van der Waals surface area contributed by atoms with Crippen LogP contribution < -0.4 is 10.2 Å². The largest absolute Gasteiger partial charge is 0.494 e. The van der Waals surface area contributed by atoms with Crippen LogP contribution in [0.2, 0.25) is 0 Å². The third-order valence-corrected chi connectivity index (χ3v) is 4.99. The van der Waals surface area contributed by atoms with E-state index in [0.717, 1.165) is 11.0 Å². The fourth-order valence-corrected chi connectivity index (χ4v) is 2.87. The lowest BCUT2D eigenvalue weighted by molar-refractivity contribution is 0.00578. The van der Waals surface area contributed by atoms with E-state index >= 15 is 0 Å². The van der Waals surface area contributed by atoms with Crippen molar-refractivity contribution in [2.45, 2.75) is 51.9 Å². The highest BCUT2D eigenvalue weighted by molar-refractivity contribution is 7.82. The fraction of sp³-hybridized carbons (Fsp3) is 0.600. The van der Waals surface area contributed by atoms with Crippen molar-refractivity contribution in [1.82, 2.24) is 4.72 Å². The first-order chi connectivity index (χ1) is 9.62. The number of hydrogen-bond acceptors (Lipinski definition) is 3. The third kappa shape index (κ3) is 3.56. The molecule has 21 heavy (non-hydrogen) atoms. The minimum absolute atomic E-state index is 0.0446. The van der Waals surface area contributed by atoms with E-state index in [1.54, 1.807) is 6.26 Å². The van der Waals surface area contributed by atoms with Crippen molar-refractivity contribution in [1.29, 1.82) is 0 Å². The van der Waals surface area contributed by atoms with Gasteiger partial charge in [0.05, 0.1) is 22.2 Å². The van der Waals surface area contributed by atoms with Gasteiger partial charge in [0.2, 0.25) is 0 Å². The van der Waals surface area contributed by atoms with Crippen molar-refractivity contribution in [2.75, 3.05) is 6.26 Å². The molecule has 0 amide bonds. The second kappa shape index (κ2) is 5.84. The maximum absolute atomic E-state index is 11.2. The van der Waals surface area contributed by atoms with Crippen molar-refractivity contribution < 1.29 is 13.5 Å². The molecule has 0 saturated carbocycles. The van der Waals surface area contributed by atoms with Crippen LogP contribution in [-0.2, 0) is 20.3 Å². The molecule has 1 aliphatic rings. The van der Waals surface area contributed by atoms with Crippen molar-refractivity contribution in [3.63, 3.8) is 0 Å². The van der Waals surface area contributed by atoms with Crippen LogP contribution in [0.15, 0.2) is 24.3 Å². The Morgan fingerprint density at radius 1 is 1.10 bits per heavy atom. The van der Waals surface area contributed by atoms with Gasteiger partial charge in [-0.25, -0.2) is 8.93 Å². The van der Waals surface area contributed by atoms with Gasteiger partial charge in [-0.05, 0) is 45.6 Å². The Balaban J connectivity index is 2.12. The van der Waals surface area contributed by atoms with Crippen LogP contribution >= 0.6 is 0 Å². The Morgan fingerprint density at radius 3 is 2.00 bits per heavy atom. The van der Waals surface area contributed by atoms with E-state index < -0.39 is 11.0 Å². The normalized spacial score (nSPS) is 23.0.